The Labute approximate surface area is 151 Å². The number of hydrogen-bond acceptors (Lipinski definition) is 5. The van der Waals surface area contributed by atoms with Crippen LogP contribution in [-0.2, 0) is 16.0 Å². The molecule has 1 atom stereocenters. The van der Waals surface area contributed by atoms with Gasteiger partial charge in [0.2, 0.25) is 5.91 Å². The number of aliphatic carboxylic acids is 1. The van der Waals surface area contributed by atoms with Gasteiger partial charge in [-0.25, -0.2) is 14.8 Å². The number of hydrogen-bond donors (Lipinski definition) is 1. The van der Waals surface area contributed by atoms with E-state index < -0.39 is 12.0 Å². The van der Waals surface area contributed by atoms with Crippen LogP contribution in [0.2, 0.25) is 0 Å². The van der Waals surface area contributed by atoms with Crippen LogP contribution >= 0.6 is 11.8 Å². The lowest BCUT2D eigenvalue weighted by Crippen LogP contribution is -2.44. The molecular formula is C18H21N3O3S. The Hall–Kier alpha value is -2.41. The van der Waals surface area contributed by atoms with Crippen LogP contribution in [0.3, 0.4) is 0 Å². The molecule has 2 aromatic rings. The topological polar surface area (TPSA) is 83.4 Å². The maximum atomic E-state index is 12.4. The molecule has 1 heterocycles. The lowest BCUT2D eigenvalue weighted by atomic mass is 10.1. The molecule has 132 valence electrons. The largest absolute Gasteiger partial charge is 0.480 e. The van der Waals surface area contributed by atoms with Crippen molar-refractivity contribution in [3.05, 3.63) is 53.3 Å². The van der Waals surface area contributed by atoms with E-state index in [1.54, 1.807) is 0 Å². The highest BCUT2D eigenvalue weighted by atomic mass is 32.2. The number of carboxylic acids is 1. The van der Waals surface area contributed by atoms with Crippen LogP contribution in [0, 0.1) is 13.8 Å². The predicted molar refractivity (Wildman–Crippen MR) is 96.6 cm³/mol. The number of thioether (sulfide) groups is 1. The molecule has 0 aliphatic rings. The van der Waals surface area contributed by atoms with Crippen LogP contribution in [-0.4, -0.2) is 50.7 Å². The molecule has 0 radical (unpaired) electrons. The van der Waals surface area contributed by atoms with Gasteiger partial charge in [-0.15, -0.1) is 0 Å². The molecule has 0 saturated heterocycles. The van der Waals surface area contributed by atoms with Crippen molar-refractivity contribution in [1.29, 1.82) is 0 Å². The highest BCUT2D eigenvalue weighted by Crippen LogP contribution is 2.16. The zero-order chi connectivity index (χ0) is 18.4. The molecule has 1 amide bonds. The second-order valence-corrected chi connectivity index (χ2v) is 6.71. The molecule has 0 spiro atoms. The van der Waals surface area contributed by atoms with E-state index in [2.05, 4.69) is 9.97 Å². The van der Waals surface area contributed by atoms with Gasteiger partial charge in [-0.1, -0.05) is 42.1 Å². The normalized spacial score (nSPS) is 11.8. The first-order valence-corrected chi connectivity index (χ1v) is 8.83. The Kier molecular flexibility index (Phi) is 6.52. The third-order valence-electron chi connectivity index (χ3n) is 3.70. The van der Waals surface area contributed by atoms with Crippen molar-refractivity contribution in [2.45, 2.75) is 31.5 Å². The summed E-state index contributed by atoms with van der Waals surface area (Å²) in [6, 6.07) is 10.2. The third-order valence-corrected chi connectivity index (χ3v) is 4.54. The van der Waals surface area contributed by atoms with Crippen molar-refractivity contribution >= 4 is 23.6 Å². The van der Waals surface area contributed by atoms with Crippen LogP contribution in [0.5, 0.6) is 0 Å². The number of aromatic nitrogens is 2. The van der Waals surface area contributed by atoms with E-state index in [0.29, 0.717) is 5.16 Å². The van der Waals surface area contributed by atoms with Gasteiger partial charge in [-0.3, -0.25) is 4.79 Å². The summed E-state index contributed by atoms with van der Waals surface area (Å²) in [5.74, 6) is -1.19. The highest BCUT2D eigenvalue weighted by molar-refractivity contribution is 7.99. The van der Waals surface area contributed by atoms with Gasteiger partial charge in [-0.2, -0.15) is 0 Å². The van der Waals surface area contributed by atoms with E-state index >= 15 is 0 Å². The highest BCUT2D eigenvalue weighted by Gasteiger charge is 2.26. The maximum Gasteiger partial charge on any atom is 0.326 e. The number of rotatable bonds is 7. The summed E-state index contributed by atoms with van der Waals surface area (Å²) in [5.41, 5.74) is 2.55. The fraction of sp³-hybridized carbons (Fsp3) is 0.333. The van der Waals surface area contributed by atoms with Crippen LogP contribution in [0.25, 0.3) is 0 Å². The van der Waals surface area contributed by atoms with Crippen LogP contribution in [0.4, 0.5) is 0 Å². The third kappa shape index (κ3) is 5.56. The molecule has 1 unspecified atom stereocenters. The standard InChI is InChI=1S/C18H21N3O3S/c1-12-9-13(2)20-18(19-12)25-11-16(22)21(3)15(17(23)24)10-14-7-5-4-6-8-14/h4-9,15H,10-11H2,1-3H3,(H,23,24). The Morgan fingerprint density at radius 1 is 1.16 bits per heavy atom. The van der Waals surface area contributed by atoms with Gasteiger partial charge in [0.1, 0.15) is 6.04 Å². The van der Waals surface area contributed by atoms with E-state index in [9.17, 15) is 14.7 Å². The Bertz CT molecular complexity index is 732. The summed E-state index contributed by atoms with van der Waals surface area (Å²) in [5, 5.41) is 10.0. The lowest BCUT2D eigenvalue weighted by Gasteiger charge is -2.24. The SMILES string of the molecule is Cc1cc(C)nc(SCC(=O)N(C)C(Cc2ccccc2)C(=O)O)n1. The molecule has 2 rings (SSSR count). The molecule has 0 fully saturated rings. The smallest absolute Gasteiger partial charge is 0.326 e. The number of carbonyl (C=O) groups is 2. The van der Waals surface area contributed by atoms with E-state index in [4.69, 9.17) is 0 Å². The van der Waals surface area contributed by atoms with E-state index in [0.717, 1.165) is 17.0 Å². The minimum Gasteiger partial charge on any atom is -0.480 e. The summed E-state index contributed by atoms with van der Waals surface area (Å²) in [7, 11) is 1.52. The minimum absolute atomic E-state index is 0.0952. The van der Waals surface area contributed by atoms with Gasteiger partial charge in [0, 0.05) is 24.9 Å². The fourth-order valence-corrected chi connectivity index (χ4v) is 3.26. The van der Waals surface area contributed by atoms with Crippen LogP contribution in [0.1, 0.15) is 17.0 Å². The Balaban J connectivity index is 2.01. The minimum atomic E-state index is -1.02. The number of likely N-dealkylation sites (N-methyl/N-ethyl adjacent to an activating group) is 1. The number of benzene rings is 1. The molecule has 0 aliphatic heterocycles. The summed E-state index contributed by atoms with van der Waals surface area (Å²) >= 11 is 1.21. The Morgan fingerprint density at radius 3 is 2.32 bits per heavy atom. The molecular weight excluding hydrogens is 338 g/mol. The van der Waals surface area contributed by atoms with Crippen molar-refractivity contribution in [3.8, 4) is 0 Å². The molecule has 1 aromatic heterocycles. The molecule has 1 aromatic carbocycles. The molecule has 1 N–H and O–H groups in total. The molecule has 0 saturated carbocycles. The number of aryl methyl sites for hydroxylation is 2. The maximum absolute atomic E-state index is 12.4. The lowest BCUT2D eigenvalue weighted by molar-refractivity contribution is -0.148. The Morgan fingerprint density at radius 2 is 1.76 bits per heavy atom. The van der Waals surface area contributed by atoms with Gasteiger partial charge in [0.05, 0.1) is 5.75 Å². The number of carboxylic acid groups (broad SMARTS) is 1. The van der Waals surface area contributed by atoms with Crippen molar-refractivity contribution in [3.63, 3.8) is 0 Å². The average Bonchev–Trinajstić information content (AvgIpc) is 2.57. The quantitative estimate of drug-likeness (QED) is 0.603. The monoisotopic (exact) mass is 359 g/mol. The second-order valence-electron chi connectivity index (χ2n) is 5.77. The number of amides is 1. The van der Waals surface area contributed by atoms with Gasteiger partial charge in [-0.05, 0) is 25.5 Å². The zero-order valence-electron chi connectivity index (χ0n) is 14.5. The van der Waals surface area contributed by atoms with Crippen molar-refractivity contribution < 1.29 is 14.7 Å². The summed E-state index contributed by atoms with van der Waals surface area (Å²) in [4.78, 5) is 33.8. The van der Waals surface area contributed by atoms with E-state index in [1.165, 1.54) is 23.7 Å². The van der Waals surface area contributed by atoms with Gasteiger partial charge in [0.15, 0.2) is 5.16 Å². The van der Waals surface area contributed by atoms with Gasteiger partial charge < -0.3 is 10.0 Å². The number of nitrogens with zero attached hydrogens (tertiary/aromatic N) is 3. The fourth-order valence-electron chi connectivity index (χ4n) is 2.39. The van der Waals surface area contributed by atoms with Crippen molar-refractivity contribution in [2.24, 2.45) is 0 Å². The molecule has 25 heavy (non-hydrogen) atoms. The van der Waals surface area contributed by atoms with Crippen molar-refractivity contribution in [1.82, 2.24) is 14.9 Å². The first kappa shape index (κ1) is 18.9. The zero-order valence-corrected chi connectivity index (χ0v) is 15.3. The van der Waals surface area contributed by atoms with E-state index in [-0.39, 0.29) is 18.1 Å². The summed E-state index contributed by atoms with van der Waals surface area (Å²) in [6.07, 6.45) is 0.267. The van der Waals surface area contributed by atoms with Gasteiger partial charge in [0.25, 0.3) is 0 Å². The summed E-state index contributed by atoms with van der Waals surface area (Å²) in [6.45, 7) is 3.74. The molecule has 0 bridgehead atoms. The number of carbonyl (C=O) groups excluding carboxylic acids is 1. The predicted octanol–water partition coefficient (Wildman–Crippen LogP) is 2.34. The first-order valence-electron chi connectivity index (χ1n) is 7.84. The van der Waals surface area contributed by atoms with Crippen LogP contribution in [0.15, 0.2) is 41.6 Å². The van der Waals surface area contributed by atoms with Gasteiger partial charge >= 0.3 is 5.97 Å². The molecule has 0 aliphatic carbocycles. The molecule has 6 nitrogen and oxygen atoms in total. The van der Waals surface area contributed by atoms with Crippen LogP contribution < -0.4 is 0 Å². The summed E-state index contributed by atoms with van der Waals surface area (Å²) < 4.78 is 0. The van der Waals surface area contributed by atoms with E-state index in [1.807, 2.05) is 50.2 Å². The second kappa shape index (κ2) is 8.62. The van der Waals surface area contributed by atoms with Crippen molar-refractivity contribution in [2.75, 3.05) is 12.8 Å². The first-order chi connectivity index (χ1) is 11.9. The molecule has 7 heteroatoms. The average molecular weight is 359 g/mol.